The van der Waals surface area contributed by atoms with E-state index >= 15 is 0 Å². The van der Waals surface area contributed by atoms with E-state index in [0.717, 1.165) is 0 Å². The lowest BCUT2D eigenvalue weighted by atomic mass is 10.1. The Bertz CT molecular complexity index is 186. The van der Waals surface area contributed by atoms with E-state index in [-0.39, 0.29) is 10.9 Å². The summed E-state index contributed by atoms with van der Waals surface area (Å²) in [6.45, 7) is 0.147. The predicted molar refractivity (Wildman–Crippen MR) is 48.2 cm³/mol. The summed E-state index contributed by atoms with van der Waals surface area (Å²) in [5.41, 5.74) is 0. The van der Waals surface area contributed by atoms with Crippen molar-refractivity contribution < 1.29 is 22.4 Å². The van der Waals surface area contributed by atoms with Gasteiger partial charge >= 0.3 is 0 Å². The van der Waals surface area contributed by atoms with Crippen LogP contribution in [0, 0.1) is 0 Å². The highest BCUT2D eigenvalue weighted by molar-refractivity contribution is 8.13. The fourth-order valence-corrected chi connectivity index (χ4v) is 1.46. The Morgan fingerprint density at radius 2 is 2.07 bits per heavy atom. The lowest BCUT2D eigenvalue weighted by Crippen LogP contribution is -2.31. The van der Waals surface area contributed by atoms with E-state index in [4.69, 9.17) is 0 Å². The fourth-order valence-electron chi connectivity index (χ4n) is 0.794. The Morgan fingerprint density at radius 3 is 2.50 bits per heavy atom. The highest BCUT2D eigenvalue weighted by Gasteiger charge is 2.39. The summed E-state index contributed by atoms with van der Waals surface area (Å²) in [4.78, 5) is 10.4. The smallest absolute Gasteiger partial charge is 0.279 e. The van der Waals surface area contributed by atoms with Crippen LogP contribution in [0.3, 0.4) is 0 Å². The van der Waals surface area contributed by atoms with Gasteiger partial charge in [0.1, 0.15) is 0 Å². The van der Waals surface area contributed by atoms with Crippen LogP contribution in [0.25, 0.3) is 0 Å². The van der Waals surface area contributed by atoms with E-state index in [2.05, 4.69) is 0 Å². The monoisotopic (exact) mass is 232 g/mol. The van der Waals surface area contributed by atoms with E-state index in [9.17, 15) is 22.4 Å². The largest absolute Gasteiger partial charge is 0.288 e. The van der Waals surface area contributed by atoms with E-state index in [0.29, 0.717) is 11.8 Å². The molecule has 0 aromatic rings. The molecular weight excluding hydrogens is 220 g/mol. The van der Waals surface area contributed by atoms with Crippen LogP contribution >= 0.6 is 11.8 Å². The third kappa shape index (κ3) is 5.47. The molecule has 1 unspecified atom stereocenters. The second-order valence-corrected chi connectivity index (χ2v) is 4.07. The molecule has 0 saturated carbocycles. The van der Waals surface area contributed by atoms with Gasteiger partial charge in [0, 0.05) is 25.5 Å². The van der Waals surface area contributed by atoms with Crippen LogP contribution in [0.2, 0.25) is 0 Å². The van der Waals surface area contributed by atoms with Gasteiger partial charge in [-0.05, 0) is 0 Å². The standard InChI is InChI=1S/C8H12F4OS/c1-6(13)14-5-3-8(11,12)7(10)2-4-9/h7H,2-5H2,1H3. The number of thioether (sulfide) groups is 1. The van der Waals surface area contributed by atoms with Gasteiger partial charge in [-0.3, -0.25) is 9.18 Å². The Labute approximate surface area is 84.2 Å². The normalized spacial score (nSPS) is 14.1. The average molecular weight is 232 g/mol. The minimum atomic E-state index is -3.53. The molecule has 0 aromatic heterocycles. The van der Waals surface area contributed by atoms with Crippen molar-refractivity contribution in [2.75, 3.05) is 12.4 Å². The quantitative estimate of drug-likeness (QED) is 0.655. The van der Waals surface area contributed by atoms with E-state index < -0.39 is 31.6 Å². The molecule has 0 bridgehead atoms. The van der Waals surface area contributed by atoms with Crippen LogP contribution in [0.4, 0.5) is 17.6 Å². The number of rotatable bonds is 6. The average Bonchev–Trinajstić information content (AvgIpc) is 2.03. The molecule has 0 heterocycles. The molecule has 14 heavy (non-hydrogen) atoms. The Kier molecular flexibility index (Phi) is 6.15. The van der Waals surface area contributed by atoms with E-state index in [1.807, 2.05) is 0 Å². The maximum absolute atomic E-state index is 12.8. The molecule has 0 rings (SSSR count). The van der Waals surface area contributed by atoms with Crippen molar-refractivity contribution in [1.29, 1.82) is 0 Å². The minimum Gasteiger partial charge on any atom is -0.288 e. The number of alkyl halides is 4. The molecule has 0 spiro atoms. The lowest BCUT2D eigenvalue weighted by molar-refractivity contribution is -0.109. The molecule has 0 N–H and O–H groups in total. The molecule has 84 valence electrons. The summed E-state index contributed by atoms with van der Waals surface area (Å²) >= 11 is 0.714. The predicted octanol–water partition coefficient (Wildman–Crippen LogP) is 2.99. The summed E-state index contributed by atoms with van der Waals surface area (Å²) in [6.07, 6.45) is -3.99. The summed E-state index contributed by atoms with van der Waals surface area (Å²) in [5.74, 6) is -3.68. The molecule has 0 amide bonds. The van der Waals surface area contributed by atoms with Crippen molar-refractivity contribution in [2.45, 2.75) is 31.9 Å². The van der Waals surface area contributed by atoms with Gasteiger partial charge in [0.2, 0.25) is 0 Å². The van der Waals surface area contributed by atoms with Crippen LogP contribution in [0.1, 0.15) is 19.8 Å². The lowest BCUT2D eigenvalue weighted by Gasteiger charge is -2.19. The van der Waals surface area contributed by atoms with Gasteiger partial charge in [-0.1, -0.05) is 11.8 Å². The van der Waals surface area contributed by atoms with E-state index in [1.54, 1.807) is 0 Å². The van der Waals surface area contributed by atoms with Gasteiger partial charge in [-0.2, -0.15) is 0 Å². The highest BCUT2D eigenvalue weighted by Crippen LogP contribution is 2.29. The number of carbonyl (C=O) groups excluding carboxylic acids is 1. The highest BCUT2D eigenvalue weighted by atomic mass is 32.2. The van der Waals surface area contributed by atoms with Gasteiger partial charge in [0.05, 0.1) is 6.67 Å². The zero-order chi connectivity index (χ0) is 11.2. The number of hydrogen-bond acceptors (Lipinski definition) is 2. The molecule has 0 radical (unpaired) electrons. The summed E-state index contributed by atoms with van der Waals surface area (Å²) < 4.78 is 49.8. The summed E-state index contributed by atoms with van der Waals surface area (Å²) in [7, 11) is 0. The zero-order valence-corrected chi connectivity index (χ0v) is 8.55. The second-order valence-electron chi connectivity index (χ2n) is 2.80. The first-order valence-electron chi connectivity index (χ1n) is 4.11. The molecule has 0 aliphatic carbocycles. The third-order valence-electron chi connectivity index (χ3n) is 1.56. The minimum absolute atomic E-state index is 0.144. The number of halogens is 4. The summed E-state index contributed by atoms with van der Waals surface area (Å²) in [5, 5.41) is -0.290. The van der Waals surface area contributed by atoms with Crippen molar-refractivity contribution >= 4 is 16.9 Å². The molecule has 0 aliphatic heterocycles. The fraction of sp³-hybridized carbons (Fsp3) is 0.875. The topological polar surface area (TPSA) is 17.1 Å². The van der Waals surface area contributed by atoms with Crippen molar-refractivity contribution in [2.24, 2.45) is 0 Å². The van der Waals surface area contributed by atoms with Crippen molar-refractivity contribution in [3.63, 3.8) is 0 Å². The van der Waals surface area contributed by atoms with Gasteiger partial charge in [0.25, 0.3) is 5.92 Å². The molecule has 0 saturated heterocycles. The first kappa shape index (κ1) is 13.7. The van der Waals surface area contributed by atoms with Crippen LogP contribution in [0.15, 0.2) is 0 Å². The van der Waals surface area contributed by atoms with Gasteiger partial charge < -0.3 is 0 Å². The third-order valence-corrected chi connectivity index (χ3v) is 2.38. The Balaban J connectivity index is 3.86. The first-order chi connectivity index (χ1) is 6.40. The molecular formula is C8H12F4OS. The molecule has 1 nitrogen and oxygen atoms in total. The number of hydrogen-bond donors (Lipinski definition) is 0. The van der Waals surface area contributed by atoms with Crippen molar-refractivity contribution in [1.82, 2.24) is 0 Å². The van der Waals surface area contributed by atoms with Crippen molar-refractivity contribution in [3.05, 3.63) is 0 Å². The Morgan fingerprint density at radius 1 is 1.50 bits per heavy atom. The Hall–Kier alpha value is -0.260. The molecule has 1 atom stereocenters. The van der Waals surface area contributed by atoms with Gasteiger partial charge in [-0.15, -0.1) is 0 Å². The molecule has 0 fully saturated rings. The number of carbonyl (C=O) groups is 1. The van der Waals surface area contributed by atoms with Crippen molar-refractivity contribution in [3.8, 4) is 0 Å². The maximum atomic E-state index is 12.8. The zero-order valence-electron chi connectivity index (χ0n) is 7.73. The van der Waals surface area contributed by atoms with E-state index in [1.165, 1.54) is 6.92 Å². The molecule has 0 aromatic carbocycles. The van der Waals surface area contributed by atoms with Crippen LogP contribution in [0.5, 0.6) is 0 Å². The maximum Gasteiger partial charge on any atom is 0.279 e. The van der Waals surface area contributed by atoms with Crippen LogP contribution in [-0.4, -0.2) is 29.6 Å². The molecule has 0 aliphatic rings. The molecule has 6 heteroatoms. The second kappa shape index (κ2) is 6.27. The van der Waals surface area contributed by atoms with Gasteiger partial charge in [-0.25, -0.2) is 13.2 Å². The first-order valence-corrected chi connectivity index (χ1v) is 5.10. The van der Waals surface area contributed by atoms with Gasteiger partial charge in [0.15, 0.2) is 11.3 Å². The summed E-state index contributed by atoms with van der Waals surface area (Å²) in [6, 6.07) is 0. The van der Waals surface area contributed by atoms with Crippen LogP contribution < -0.4 is 0 Å². The van der Waals surface area contributed by atoms with Crippen LogP contribution in [-0.2, 0) is 4.79 Å². The SMILES string of the molecule is CC(=O)SCCC(F)(F)C(F)CCF.